The van der Waals surface area contributed by atoms with Crippen LogP contribution in [0.1, 0.15) is 29.7 Å². The van der Waals surface area contributed by atoms with Crippen LogP contribution in [0.25, 0.3) is 11.0 Å². The lowest BCUT2D eigenvalue weighted by Crippen LogP contribution is -2.48. The third kappa shape index (κ3) is 5.47. The van der Waals surface area contributed by atoms with Gasteiger partial charge >= 0.3 is 0 Å². The summed E-state index contributed by atoms with van der Waals surface area (Å²) in [4.78, 5) is 11.2. The number of aliphatic imine (C=N–C) groups is 1. The van der Waals surface area contributed by atoms with E-state index in [4.69, 9.17) is 4.42 Å². The van der Waals surface area contributed by atoms with E-state index in [1.807, 2.05) is 13.1 Å². The number of guanidine groups is 1. The highest BCUT2D eigenvalue weighted by Crippen LogP contribution is 2.26. The standard InChI is InChI=1S/C23H28FN5O.HI/c1-15-4-7-22(26-13-15)29-10-8-18(9-11-29)28-23(25-3)27-14-21-16(2)19-12-17(24)5-6-20(19)30-21;/h4-7,12-13,18H,8-11,14H2,1-3H3,(H2,25,27,28);1H. The second-order valence-corrected chi connectivity index (χ2v) is 7.82. The number of halogens is 2. The maximum Gasteiger partial charge on any atom is 0.191 e. The Kier molecular flexibility index (Phi) is 7.74. The number of aryl methyl sites for hydroxylation is 2. The van der Waals surface area contributed by atoms with Crippen molar-refractivity contribution in [1.82, 2.24) is 15.6 Å². The Labute approximate surface area is 199 Å². The quantitative estimate of drug-likeness (QED) is 0.291. The van der Waals surface area contributed by atoms with Gasteiger partial charge in [-0.25, -0.2) is 9.37 Å². The largest absolute Gasteiger partial charge is 0.459 e. The predicted molar refractivity (Wildman–Crippen MR) is 134 cm³/mol. The molecule has 0 radical (unpaired) electrons. The Morgan fingerprint density at radius 1 is 1.23 bits per heavy atom. The molecular weight excluding hydrogens is 508 g/mol. The molecule has 1 aliphatic rings. The maximum atomic E-state index is 13.5. The molecular formula is C23H29FIN5O. The van der Waals surface area contributed by atoms with Crippen LogP contribution in [0.3, 0.4) is 0 Å². The normalized spacial score (nSPS) is 15.1. The van der Waals surface area contributed by atoms with E-state index in [0.717, 1.165) is 54.4 Å². The van der Waals surface area contributed by atoms with Crippen LogP contribution in [0, 0.1) is 19.7 Å². The summed E-state index contributed by atoms with van der Waals surface area (Å²) >= 11 is 0. The Morgan fingerprint density at radius 2 is 2.00 bits per heavy atom. The number of piperidine rings is 1. The maximum absolute atomic E-state index is 13.5. The Hall–Kier alpha value is -2.36. The number of pyridine rings is 1. The molecule has 0 atom stereocenters. The summed E-state index contributed by atoms with van der Waals surface area (Å²) in [6.45, 7) is 6.41. The molecule has 0 amide bonds. The number of anilines is 1. The topological polar surface area (TPSA) is 65.7 Å². The van der Waals surface area contributed by atoms with Gasteiger partial charge in [-0.2, -0.15) is 0 Å². The van der Waals surface area contributed by atoms with Crippen molar-refractivity contribution in [2.24, 2.45) is 4.99 Å². The summed E-state index contributed by atoms with van der Waals surface area (Å²) in [6.07, 6.45) is 3.94. The molecule has 0 unspecified atom stereocenters. The van der Waals surface area contributed by atoms with Gasteiger partial charge in [0.25, 0.3) is 0 Å². The lowest BCUT2D eigenvalue weighted by Gasteiger charge is -2.33. The smallest absolute Gasteiger partial charge is 0.191 e. The highest BCUT2D eigenvalue weighted by atomic mass is 127. The van der Waals surface area contributed by atoms with E-state index in [2.05, 4.69) is 44.6 Å². The van der Waals surface area contributed by atoms with Crippen LogP contribution < -0.4 is 15.5 Å². The van der Waals surface area contributed by atoms with Crippen LogP contribution in [0.15, 0.2) is 45.9 Å². The number of nitrogens with one attached hydrogen (secondary N) is 2. The molecule has 6 nitrogen and oxygen atoms in total. The van der Waals surface area contributed by atoms with Crippen molar-refractivity contribution in [3.63, 3.8) is 0 Å². The number of rotatable bonds is 4. The SMILES string of the molecule is CN=C(NCc1oc2ccc(F)cc2c1C)NC1CCN(c2ccc(C)cn2)CC1.I. The van der Waals surface area contributed by atoms with Gasteiger partial charge in [0.05, 0.1) is 6.54 Å². The van der Waals surface area contributed by atoms with E-state index in [1.165, 1.54) is 17.7 Å². The van der Waals surface area contributed by atoms with Crippen LogP contribution in [0.2, 0.25) is 0 Å². The second kappa shape index (κ2) is 10.3. The fraction of sp³-hybridized carbons (Fsp3) is 0.391. The number of furan rings is 1. The molecule has 1 aliphatic heterocycles. The van der Waals surface area contributed by atoms with Gasteiger partial charge < -0.3 is 20.0 Å². The first-order valence-corrected chi connectivity index (χ1v) is 10.4. The number of hydrogen-bond donors (Lipinski definition) is 2. The van der Waals surface area contributed by atoms with E-state index < -0.39 is 0 Å². The van der Waals surface area contributed by atoms with E-state index in [-0.39, 0.29) is 29.8 Å². The Balaban J connectivity index is 0.00000272. The monoisotopic (exact) mass is 537 g/mol. The summed E-state index contributed by atoms with van der Waals surface area (Å²) in [5, 5.41) is 7.65. The van der Waals surface area contributed by atoms with Gasteiger partial charge in [0.15, 0.2) is 5.96 Å². The summed E-state index contributed by atoms with van der Waals surface area (Å²) in [7, 11) is 1.77. The molecule has 2 N–H and O–H groups in total. The molecule has 2 aromatic heterocycles. The molecule has 1 aromatic carbocycles. The molecule has 0 spiro atoms. The second-order valence-electron chi connectivity index (χ2n) is 7.82. The lowest BCUT2D eigenvalue weighted by atomic mass is 10.1. The van der Waals surface area contributed by atoms with Crippen molar-refractivity contribution in [1.29, 1.82) is 0 Å². The van der Waals surface area contributed by atoms with E-state index >= 15 is 0 Å². The fourth-order valence-electron chi connectivity index (χ4n) is 3.86. The number of fused-ring (bicyclic) bond motifs is 1. The number of hydrogen-bond acceptors (Lipinski definition) is 4. The van der Waals surface area contributed by atoms with Crippen LogP contribution >= 0.6 is 24.0 Å². The molecule has 8 heteroatoms. The van der Waals surface area contributed by atoms with Gasteiger partial charge in [-0.15, -0.1) is 24.0 Å². The zero-order valence-electron chi connectivity index (χ0n) is 18.1. The van der Waals surface area contributed by atoms with Crippen molar-refractivity contribution in [3.05, 3.63) is 59.2 Å². The third-order valence-corrected chi connectivity index (χ3v) is 5.69. The number of nitrogens with zero attached hydrogens (tertiary/aromatic N) is 3. The summed E-state index contributed by atoms with van der Waals surface area (Å²) in [6, 6.07) is 9.15. The first kappa shape index (κ1) is 23.3. The van der Waals surface area contributed by atoms with Gasteiger partial charge in [-0.05, 0) is 56.5 Å². The van der Waals surface area contributed by atoms with Gasteiger partial charge in [0.1, 0.15) is 23.0 Å². The van der Waals surface area contributed by atoms with Gasteiger partial charge in [-0.3, -0.25) is 4.99 Å². The van der Waals surface area contributed by atoms with E-state index in [9.17, 15) is 4.39 Å². The third-order valence-electron chi connectivity index (χ3n) is 5.69. The van der Waals surface area contributed by atoms with Crippen molar-refractivity contribution in [2.75, 3.05) is 25.0 Å². The van der Waals surface area contributed by atoms with Crippen molar-refractivity contribution in [3.8, 4) is 0 Å². The summed E-state index contributed by atoms with van der Waals surface area (Å²) in [5.41, 5.74) is 2.83. The van der Waals surface area contributed by atoms with Crippen LogP contribution in [-0.2, 0) is 6.54 Å². The zero-order valence-corrected chi connectivity index (χ0v) is 20.4. The molecule has 0 aliphatic carbocycles. The molecule has 0 saturated carbocycles. The number of benzene rings is 1. The predicted octanol–water partition coefficient (Wildman–Crippen LogP) is 4.54. The zero-order chi connectivity index (χ0) is 21.1. The molecule has 4 rings (SSSR count). The molecule has 1 saturated heterocycles. The van der Waals surface area contributed by atoms with Crippen LogP contribution in [-0.4, -0.2) is 37.1 Å². The number of aromatic nitrogens is 1. The van der Waals surface area contributed by atoms with Gasteiger partial charge in [-0.1, -0.05) is 6.07 Å². The first-order valence-electron chi connectivity index (χ1n) is 10.4. The first-order chi connectivity index (χ1) is 14.5. The fourth-order valence-corrected chi connectivity index (χ4v) is 3.86. The average molecular weight is 537 g/mol. The molecule has 1 fully saturated rings. The summed E-state index contributed by atoms with van der Waals surface area (Å²) in [5.74, 6) is 2.32. The average Bonchev–Trinajstić information content (AvgIpc) is 3.07. The Morgan fingerprint density at radius 3 is 2.68 bits per heavy atom. The van der Waals surface area contributed by atoms with Crippen LogP contribution in [0.4, 0.5) is 10.2 Å². The Bertz CT molecular complexity index is 1040. The van der Waals surface area contributed by atoms with Crippen molar-refractivity contribution in [2.45, 2.75) is 39.3 Å². The van der Waals surface area contributed by atoms with Gasteiger partial charge in [0, 0.05) is 43.3 Å². The molecule has 3 aromatic rings. The summed E-state index contributed by atoms with van der Waals surface area (Å²) < 4.78 is 19.4. The minimum atomic E-state index is -0.254. The molecule has 166 valence electrons. The van der Waals surface area contributed by atoms with E-state index in [1.54, 1.807) is 13.1 Å². The minimum absolute atomic E-state index is 0. The van der Waals surface area contributed by atoms with Gasteiger partial charge in [0.2, 0.25) is 0 Å². The van der Waals surface area contributed by atoms with Crippen molar-refractivity contribution < 1.29 is 8.81 Å². The highest BCUT2D eigenvalue weighted by molar-refractivity contribution is 14.0. The highest BCUT2D eigenvalue weighted by Gasteiger charge is 2.21. The molecule has 0 bridgehead atoms. The van der Waals surface area contributed by atoms with Crippen LogP contribution in [0.5, 0.6) is 0 Å². The lowest BCUT2D eigenvalue weighted by molar-refractivity contribution is 0.457. The molecule has 3 heterocycles. The van der Waals surface area contributed by atoms with E-state index in [0.29, 0.717) is 18.2 Å². The van der Waals surface area contributed by atoms with Crippen molar-refractivity contribution >= 4 is 46.7 Å². The molecule has 31 heavy (non-hydrogen) atoms. The minimum Gasteiger partial charge on any atom is -0.459 e.